The number of nitrogens with zero attached hydrogens (tertiary/aromatic N) is 3. The van der Waals surface area contributed by atoms with Gasteiger partial charge in [-0.2, -0.15) is 0 Å². The van der Waals surface area contributed by atoms with E-state index in [1.54, 1.807) is 11.9 Å². The maximum atomic E-state index is 12.9. The highest BCUT2D eigenvalue weighted by atomic mass is 16.2. The topological polar surface area (TPSA) is 65.0 Å². The lowest BCUT2D eigenvalue weighted by Crippen LogP contribution is -2.55. The Bertz CT molecular complexity index is 463. The highest BCUT2D eigenvalue weighted by molar-refractivity contribution is 6.08. The number of carbonyl (C=O) groups is 2. The maximum absolute atomic E-state index is 12.9. The van der Waals surface area contributed by atoms with E-state index in [1.165, 1.54) is 0 Å². The van der Waals surface area contributed by atoms with E-state index in [1.807, 2.05) is 11.8 Å². The van der Waals surface area contributed by atoms with Crippen LogP contribution in [0.5, 0.6) is 0 Å². The molecule has 1 spiro atoms. The molecule has 0 aromatic rings. The van der Waals surface area contributed by atoms with Gasteiger partial charge < -0.3 is 10.2 Å². The summed E-state index contributed by atoms with van der Waals surface area (Å²) < 4.78 is 0. The van der Waals surface area contributed by atoms with Crippen LogP contribution >= 0.6 is 0 Å². The molecule has 2 aliphatic heterocycles. The number of hydrogen-bond acceptors (Lipinski definition) is 4. The first-order chi connectivity index (χ1) is 10.6. The minimum Gasteiger partial charge on any atom is -0.339 e. The zero-order valence-corrected chi connectivity index (χ0v) is 14.0. The molecule has 1 fully saturated rings. The first-order valence-corrected chi connectivity index (χ1v) is 8.41. The summed E-state index contributed by atoms with van der Waals surface area (Å²) in [5.74, 6) is 1.05. The first kappa shape index (κ1) is 16.9. The lowest BCUT2D eigenvalue weighted by Gasteiger charge is -2.37. The Balaban J connectivity index is 2.18. The zero-order valence-electron chi connectivity index (χ0n) is 14.0. The number of likely N-dealkylation sites (tertiary alicyclic amines) is 1. The van der Waals surface area contributed by atoms with E-state index < -0.39 is 5.54 Å². The van der Waals surface area contributed by atoms with Crippen LogP contribution in [0.1, 0.15) is 46.0 Å². The molecule has 2 amide bonds. The molecule has 0 saturated carbocycles. The SMILES string of the molecule is CCCCC1=NC2(CCCN(C(=O)CNC)C2)C(=O)N1CC. The zero-order chi connectivity index (χ0) is 16.2. The van der Waals surface area contributed by atoms with Crippen molar-refractivity contribution in [2.24, 2.45) is 4.99 Å². The summed E-state index contributed by atoms with van der Waals surface area (Å²) in [6.07, 6.45) is 4.57. The van der Waals surface area contributed by atoms with Gasteiger partial charge in [-0.25, -0.2) is 0 Å². The number of amides is 2. The van der Waals surface area contributed by atoms with Crippen LogP contribution in [0.2, 0.25) is 0 Å². The fraction of sp³-hybridized carbons (Fsp3) is 0.812. The van der Waals surface area contributed by atoms with E-state index in [-0.39, 0.29) is 11.8 Å². The van der Waals surface area contributed by atoms with Gasteiger partial charge in [-0.15, -0.1) is 0 Å². The van der Waals surface area contributed by atoms with Gasteiger partial charge in [0.25, 0.3) is 5.91 Å². The molecule has 6 heteroatoms. The van der Waals surface area contributed by atoms with E-state index in [4.69, 9.17) is 4.99 Å². The average Bonchev–Trinajstić information content (AvgIpc) is 2.77. The highest BCUT2D eigenvalue weighted by Crippen LogP contribution is 2.33. The molecule has 0 aromatic carbocycles. The summed E-state index contributed by atoms with van der Waals surface area (Å²) in [5.41, 5.74) is -0.721. The van der Waals surface area contributed by atoms with Crippen LogP contribution in [-0.2, 0) is 9.59 Å². The van der Waals surface area contributed by atoms with Crippen LogP contribution in [-0.4, -0.2) is 66.2 Å². The number of rotatable bonds is 6. The van der Waals surface area contributed by atoms with Gasteiger partial charge in [0.2, 0.25) is 5.91 Å². The molecule has 0 radical (unpaired) electrons. The molecule has 0 aliphatic carbocycles. The number of amidine groups is 1. The summed E-state index contributed by atoms with van der Waals surface area (Å²) in [6.45, 7) is 6.26. The van der Waals surface area contributed by atoms with Gasteiger partial charge >= 0.3 is 0 Å². The fourth-order valence-corrected chi connectivity index (χ4v) is 3.35. The van der Waals surface area contributed by atoms with Crippen molar-refractivity contribution < 1.29 is 9.59 Å². The van der Waals surface area contributed by atoms with E-state index in [0.717, 1.165) is 44.5 Å². The molecule has 22 heavy (non-hydrogen) atoms. The quantitative estimate of drug-likeness (QED) is 0.797. The smallest absolute Gasteiger partial charge is 0.257 e. The predicted molar refractivity (Wildman–Crippen MR) is 86.8 cm³/mol. The van der Waals surface area contributed by atoms with Gasteiger partial charge in [-0.1, -0.05) is 13.3 Å². The summed E-state index contributed by atoms with van der Waals surface area (Å²) in [5, 5.41) is 2.89. The second-order valence-electron chi connectivity index (χ2n) is 6.16. The largest absolute Gasteiger partial charge is 0.339 e. The van der Waals surface area contributed by atoms with Crippen LogP contribution < -0.4 is 5.32 Å². The number of carbonyl (C=O) groups excluding carboxylic acids is 2. The van der Waals surface area contributed by atoms with Crippen molar-refractivity contribution in [1.82, 2.24) is 15.1 Å². The summed E-state index contributed by atoms with van der Waals surface area (Å²) in [4.78, 5) is 33.4. The van der Waals surface area contributed by atoms with Crippen LogP contribution in [0.25, 0.3) is 0 Å². The predicted octanol–water partition coefficient (Wildman–Crippen LogP) is 1.02. The number of likely N-dealkylation sites (N-methyl/N-ethyl adjacent to an activating group) is 2. The maximum Gasteiger partial charge on any atom is 0.257 e. The third kappa shape index (κ3) is 3.16. The van der Waals surface area contributed by atoms with Crippen LogP contribution in [0.4, 0.5) is 0 Å². The van der Waals surface area contributed by atoms with Crippen LogP contribution in [0.3, 0.4) is 0 Å². The van der Waals surface area contributed by atoms with Crippen molar-refractivity contribution in [2.45, 2.75) is 51.5 Å². The van der Waals surface area contributed by atoms with Crippen molar-refractivity contribution >= 4 is 17.6 Å². The van der Waals surface area contributed by atoms with Crippen molar-refractivity contribution in [3.05, 3.63) is 0 Å². The normalized spacial score (nSPS) is 25.0. The van der Waals surface area contributed by atoms with E-state index >= 15 is 0 Å². The van der Waals surface area contributed by atoms with Gasteiger partial charge in [0.05, 0.1) is 13.1 Å². The van der Waals surface area contributed by atoms with Crippen LogP contribution in [0, 0.1) is 0 Å². The molecule has 2 rings (SSSR count). The second-order valence-corrected chi connectivity index (χ2v) is 6.16. The molecule has 1 atom stereocenters. The summed E-state index contributed by atoms with van der Waals surface area (Å²) in [6, 6.07) is 0. The van der Waals surface area contributed by atoms with Gasteiger partial charge in [-0.05, 0) is 33.2 Å². The molecule has 0 bridgehead atoms. The highest BCUT2D eigenvalue weighted by Gasteiger charge is 2.50. The number of hydrogen-bond donors (Lipinski definition) is 1. The Morgan fingerprint density at radius 1 is 1.41 bits per heavy atom. The van der Waals surface area contributed by atoms with Crippen molar-refractivity contribution in [3.63, 3.8) is 0 Å². The van der Waals surface area contributed by atoms with Gasteiger partial charge in [0.15, 0.2) is 5.54 Å². The van der Waals surface area contributed by atoms with Crippen molar-refractivity contribution in [1.29, 1.82) is 0 Å². The molecule has 6 nitrogen and oxygen atoms in total. The van der Waals surface area contributed by atoms with E-state index in [9.17, 15) is 9.59 Å². The molecule has 2 heterocycles. The number of aliphatic imine (C=N–C) groups is 1. The molecule has 1 saturated heterocycles. The second kappa shape index (κ2) is 7.22. The molecule has 0 aromatic heterocycles. The Hall–Kier alpha value is -1.43. The standard InChI is InChI=1S/C16H28N4O2/c1-4-6-8-13-18-16(15(22)20(13)5-2)9-7-10-19(12-16)14(21)11-17-3/h17H,4-12H2,1-3H3. The molecule has 124 valence electrons. The van der Waals surface area contributed by atoms with E-state index in [0.29, 0.717) is 19.6 Å². The Kier molecular flexibility index (Phi) is 5.56. The minimum atomic E-state index is -0.721. The number of unbranched alkanes of at least 4 members (excludes halogenated alkanes) is 1. The third-order valence-electron chi connectivity index (χ3n) is 4.52. The monoisotopic (exact) mass is 308 g/mol. The average molecular weight is 308 g/mol. The minimum absolute atomic E-state index is 0.0506. The lowest BCUT2D eigenvalue weighted by molar-refractivity contribution is -0.138. The first-order valence-electron chi connectivity index (χ1n) is 8.41. The lowest BCUT2D eigenvalue weighted by atomic mass is 9.89. The molecular weight excluding hydrogens is 280 g/mol. The number of piperidine rings is 1. The Morgan fingerprint density at radius 3 is 2.82 bits per heavy atom. The van der Waals surface area contributed by atoms with Crippen LogP contribution in [0.15, 0.2) is 4.99 Å². The molecule has 1 unspecified atom stereocenters. The van der Waals surface area contributed by atoms with Crippen molar-refractivity contribution in [2.75, 3.05) is 33.2 Å². The Morgan fingerprint density at radius 2 is 2.18 bits per heavy atom. The number of nitrogens with one attached hydrogen (secondary N) is 1. The molecule has 1 N–H and O–H groups in total. The van der Waals surface area contributed by atoms with Crippen molar-refractivity contribution in [3.8, 4) is 0 Å². The third-order valence-corrected chi connectivity index (χ3v) is 4.52. The Labute approximate surface area is 132 Å². The summed E-state index contributed by atoms with van der Waals surface area (Å²) >= 11 is 0. The summed E-state index contributed by atoms with van der Waals surface area (Å²) in [7, 11) is 1.76. The van der Waals surface area contributed by atoms with Gasteiger partial charge in [0.1, 0.15) is 5.84 Å². The van der Waals surface area contributed by atoms with E-state index in [2.05, 4.69) is 12.2 Å². The van der Waals surface area contributed by atoms with Gasteiger partial charge in [0, 0.05) is 19.5 Å². The van der Waals surface area contributed by atoms with Gasteiger partial charge in [-0.3, -0.25) is 19.5 Å². The molecular formula is C16H28N4O2. The molecule has 2 aliphatic rings. The fourth-order valence-electron chi connectivity index (χ4n) is 3.35.